The van der Waals surface area contributed by atoms with Crippen molar-refractivity contribution in [3.05, 3.63) is 18.1 Å². The van der Waals surface area contributed by atoms with Crippen molar-refractivity contribution >= 4 is 11.8 Å². The number of hydrogen-bond acceptors (Lipinski definition) is 5. The summed E-state index contributed by atoms with van der Waals surface area (Å²) in [7, 11) is 1.33. The fourth-order valence-electron chi connectivity index (χ4n) is 2.68. The number of rotatable bonds is 3. The molecule has 1 N–H and O–H groups in total. The molecule has 3 atom stereocenters. The molecule has 1 aromatic heterocycles. The van der Waals surface area contributed by atoms with E-state index in [0.29, 0.717) is 12.0 Å². The highest BCUT2D eigenvalue weighted by Gasteiger charge is 2.25. The molecule has 5 heteroatoms. The maximum atomic E-state index is 11.3. The van der Waals surface area contributed by atoms with Crippen molar-refractivity contribution in [3.8, 4) is 0 Å². The summed E-state index contributed by atoms with van der Waals surface area (Å²) in [6, 6.07) is 0.439. The second kappa shape index (κ2) is 5.99. The monoisotopic (exact) mass is 263 g/mol. The zero-order chi connectivity index (χ0) is 13.8. The molecule has 1 aliphatic rings. The van der Waals surface area contributed by atoms with Gasteiger partial charge in [0.15, 0.2) is 5.69 Å². The van der Waals surface area contributed by atoms with Crippen LogP contribution in [0.3, 0.4) is 0 Å². The Morgan fingerprint density at radius 1 is 1.32 bits per heavy atom. The largest absolute Gasteiger partial charge is 0.464 e. The van der Waals surface area contributed by atoms with E-state index >= 15 is 0 Å². The lowest BCUT2D eigenvalue weighted by Crippen LogP contribution is -2.33. The first-order chi connectivity index (χ1) is 9.10. The van der Waals surface area contributed by atoms with E-state index in [9.17, 15) is 4.79 Å². The standard InChI is InChI=1S/C14H21N3O2/c1-9-4-5-11(10(2)6-9)17-13-8-15-12(7-16-13)14(18)19-3/h7-11H,4-6H2,1-3H3,(H,16,17). The average molecular weight is 263 g/mol. The lowest BCUT2D eigenvalue weighted by atomic mass is 9.80. The number of aromatic nitrogens is 2. The second-order valence-corrected chi connectivity index (χ2v) is 5.42. The van der Waals surface area contributed by atoms with Gasteiger partial charge in [-0.05, 0) is 31.1 Å². The molecule has 1 saturated carbocycles. The zero-order valence-electron chi connectivity index (χ0n) is 11.7. The zero-order valence-corrected chi connectivity index (χ0v) is 11.7. The predicted octanol–water partition coefficient (Wildman–Crippen LogP) is 2.50. The summed E-state index contributed by atoms with van der Waals surface area (Å²) in [6.45, 7) is 4.57. The van der Waals surface area contributed by atoms with Gasteiger partial charge in [0.05, 0.1) is 19.5 Å². The first-order valence-corrected chi connectivity index (χ1v) is 6.77. The molecule has 1 heterocycles. The van der Waals surface area contributed by atoms with Crippen LogP contribution in [0.25, 0.3) is 0 Å². The van der Waals surface area contributed by atoms with Crippen LogP contribution in [0.5, 0.6) is 0 Å². The van der Waals surface area contributed by atoms with Crippen LogP contribution in [0.4, 0.5) is 5.82 Å². The summed E-state index contributed by atoms with van der Waals surface area (Å²) in [5.74, 6) is 1.70. The van der Waals surface area contributed by atoms with Crippen LogP contribution in [0, 0.1) is 11.8 Å². The molecule has 1 fully saturated rings. The highest BCUT2D eigenvalue weighted by molar-refractivity contribution is 5.86. The van der Waals surface area contributed by atoms with Crippen LogP contribution < -0.4 is 5.32 Å². The van der Waals surface area contributed by atoms with Crippen LogP contribution >= 0.6 is 0 Å². The fraction of sp³-hybridized carbons (Fsp3) is 0.643. The van der Waals surface area contributed by atoms with Gasteiger partial charge in [0.2, 0.25) is 0 Å². The number of nitrogens with one attached hydrogen (secondary N) is 1. The lowest BCUT2D eigenvalue weighted by Gasteiger charge is -2.33. The van der Waals surface area contributed by atoms with E-state index in [1.54, 1.807) is 6.20 Å². The number of esters is 1. The van der Waals surface area contributed by atoms with E-state index in [1.807, 2.05) is 0 Å². The molecule has 0 bridgehead atoms. The van der Waals surface area contributed by atoms with E-state index in [1.165, 1.54) is 26.1 Å². The first-order valence-electron chi connectivity index (χ1n) is 6.77. The van der Waals surface area contributed by atoms with Gasteiger partial charge in [-0.25, -0.2) is 14.8 Å². The number of ether oxygens (including phenoxy) is 1. The predicted molar refractivity (Wildman–Crippen MR) is 73.0 cm³/mol. The third-order valence-corrected chi connectivity index (χ3v) is 3.81. The lowest BCUT2D eigenvalue weighted by molar-refractivity contribution is 0.0593. The molecular formula is C14H21N3O2. The smallest absolute Gasteiger partial charge is 0.358 e. The van der Waals surface area contributed by atoms with Crippen molar-refractivity contribution in [1.82, 2.24) is 9.97 Å². The van der Waals surface area contributed by atoms with Gasteiger partial charge in [0.1, 0.15) is 5.82 Å². The van der Waals surface area contributed by atoms with Gasteiger partial charge >= 0.3 is 5.97 Å². The molecule has 0 aliphatic heterocycles. The quantitative estimate of drug-likeness (QED) is 0.849. The molecule has 2 rings (SSSR count). The summed E-state index contributed by atoms with van der Waals surface area (Å²) >= 11 is 0. The van der Waals surface area contributed by atoms with Gasteiger partial charge in [-0.2, -0.15) is 0 Å². The number of nitrogens with zero attached hydrogens (tertiary/aromatic N) is 2. The molecule has 0 amide bonds. The minimum Gasteiger partial charge on any atom is -0.464 e. The first kappa shape index (κ1) is 13.8. The number of carbonyl (C=O) groups is 1. The van der Waals surface area contributed by atoms with Crippen molar-refractivity contribution in [2.45, 2.75) is 39.2 Å². The van der Waals surface area contributed by atoms with Gasteiger partial charge < -0.3 is 10.1 Å². The Morgan fingerprint density at radius 3 is 2.68 bits per heavy atom. The summed E-state index contributed by atoms with van der Waals surface area (Å²) in [4.78, 5) is 19.5. The maximum absolute atomic E-state index is 11.3. The number of methoxy groups -OCH3 is 1. The minimum atomic E-state index is -0.459. The number of hydrogen-bond donors (Lipinski definition) is 1. The Kier molecular flexibility index (Phi) is 4.35. The van der Waals surface area contributed by atoms with E-state index in [0.717, 1.165) is 18.2 Å². The molecule has 104 valence electrons. The Balaban J connectivity index is 1.98. The van der Waals surface area contributed by atoms with E-state index in [4.69, 9.17) is 0 Å². The van der Waals surface area contributed by atoms with Crippen molar-refractivity contribution in [3.63, 3.8) is 0 Å². The highest BCUT2D eigenvalue weighted by Crippen LogP contribution is 2.30. The van der Waals surface area contributed by atoms with Crippen LogP contribution in [-0.4, -0.2) is 29.1 Å². The van der Waals surface area contributed by atoms with Crippen molar-refractivity contribution in [2.24, 2.45) is 11.8 Å². The van der Waals surface area contributed by atoms with Crippen molar-refractivity contribution in [1.29, 1.82) is 0 Å². The van der Waals surface area contributed by atoms with Crippen LogP contribution in [0.15, 0.2) is 12.4 Å². The van der Waals surface area contributed by atoms with Crippen molar-refractivity contribution < 1.29 is 9.53 Å². The summed E-state index contributed by atoms with van der Waals surface area (Å²) < 4.78 is 4.59. The third-order valence-electron chi connectivity index (χ3n) is 3.81. The molecule has 0 radical (unpaired) electrons. The topological polar surface area (TPSA) is 64.1 Å². The van der Waals surface area contributed by atoms with E-state index in [2.05, 4.69) is 33.9 Å². The second-order valence-electron chi connectivity index (χ2n) is 5.42. The van der Waals surface area contributed by atoms with Crippen molar-refractivity contribution in [2.75, 3.05) is 12.4 Å². The minimum absolute atomic E-state index is 0.235. The highest BCUT2D eigenvalue weighted by atomic mass is 16.5. The molecule has 1 aromatic rings. The molecule has 3 unspecified atom stereocenters. The molecule has 1 aliphatic carbocycles. The number of carbonyl (C=O) groups excluding carboxylic acids is 1. The summed E-state index contributed by atoms with van der Waals surface area (Å²) in [5.41, 5.74) is 0.235. The molecule has 5 nitrogen and oxygen atoms in total. The Morgan fingerprint density at radius 2 is 2.11 bits per heavy atom. The number of anilines is 1. The molecular weight excluding hydrogens is 242 g/mol. The normalized spacial score (nSPS) is 26.8. The van der Waals surface area contributed by atoms with E-state index in [-0.39, 0.29) is 5.69 Å². The van der Waals surface area contributed by atoms with Gasteiger partial charge in [-0.15, -0.1) is 0 Å². The summed E-state index contributed by atoms with van der Waals surface area (Å²) in [5, 5.41) is 3.41. The Hall–Kier alpha value is -1.65. The maximum Gasteiger partial charge on any atom is 0.358 e. The van der Waals surface area contributed by atoms with Gasteiger partial charge in [-0.1, -0.05) is 13.8 Å². The SMILES string of the molecule is COC(=O)c1cnc(NC2CCC(C)CC2C)cn1. The van der Waals surface area contributed by atoms with E-state index < -0.39 is 5.97 Å². The molecule has 0 saturated heterocycles. The average Bonchev–Trinajstić information content (AvgIpc) is 2.42. The van der Waals surface area contributed by atoms with Gasteiger partial charge in [-0.3, -0.25) is 0 Å². The Labute approximate surface area is 113 Å². The molecule has 0 spiro atoms. The fourth-order valence-corrected chi connectivity index (χ4v) is 2.68. The van der Waals surface area contributed by atoms with Crippen LogP contribution in [-0.2, 0) is 4.74 Å². The molecule has 0 aromatic carbocycles. The van der Waals surface area contributed by atoms with Crippen LogP contribution in [0.2, 0.25) is 0 Å². The summed E-state index contributed by atoms with van der Waals surface area (Å²) in [6.07, 6.45) is 6.69. The van der Waals surface area contributed by atoms with Gasteiger partial charge in [0, 0.05) is 6.04 Å². The van der Waals surface area contributed by atoms with Crippen LogP contribution in [0.1, 0.15) is 43.6 Å². The third kappa shape index (κ3) is 3.43. The van der Waals surface area contributed by atoms with Gasteiger partial charge in [0.25, 0.3) is 0 Å². The Bertz CT molecular complexity index is 433. The molecule has 19 heavy (non-hydrogen) atoms.